The summed E-state index contributed by atoms with van der Waals surface area (Å²) in [7, 11) is 0. The minimum atomic E-state index is -2.00. The van der Waals surface area contributed by atoms with Gasteiger partial charge in [-0.15, -0.1) is 0 Å². The number of esters is 3. The Labute approximate surface area is 215 Å². The smallest absolute Gasteiger partial charge is 0.303 e. The molecule has 0 unspecified atom stereocenters. The molecule has 3 fully saturated rings. The Morgan fingerprint density at radius 2 is 1.46 bits per heavy atom. The molecule has 4 aliphatic rings. The molecule has 37 heavy (non-hydrogen) atoms. The molecular weight excluding hydrogens is 488 g/mol. The average molecular weight is 527 g/mol. The van der Waals surface area contributed by atoms with Crippen molar-refractivity contribution in [3.05, 3.63) is 11.1 Å². The lowest BCUT2D eigenvalue weighted by atomic mass is 9.46. The maximum atomic E-state index is 12.4. The van der Waals surface area contributed by atoms with Crippen molar-refractivity contribution in [1.29, 1.82) is 0 Å². The molecule has 11 heteroatoms. The van der Waals surface area contributed by atoms with Gasteiger partial charge in [0.05, 0.1) is 18.8 Å². The number of epoxide rings is 1. The predicted octanol–water partition coefficient (Wildman–Crippen LogP) is 0.151. The van der Waals surface area contributed by atoms with Gasteiger partial charge in [-0.2, -0.15) is 0 Å². The molecule has 2 bridgehead atoms. The van der Waals surface area contributed by atoms with Crippen LogP contribution in [0.1, 0.15) is 61.3 Å². The van der Waals surface area contributed by atoms with Gasteiger partial charge in [0.25, 0.3) is 0 Å². The molecule has 3 aliphatic carbocycles. The summed E-state index contributed by atoms with van der Waals surface area (Å²) >= 11 is 0. The van der Waals surface area contributed by atoms with Gasteiger partial charge in [0.2, 0.25) is 0 Å². The first-order valence-corrected chi connectivity index (χ1v) is 12.6. The minimum absolute atomic E-state index is 0.0472. The minimum Gasteiger partial charge on any atom is -0.459 e. The van der Waals surface area contributed by atoms with Gasteiger partial charge in [0, 0.05) is 50.4 Å². The number of hydrogen-bond donors (Lipinski definition) is 4. The van der Waals surface area contributed by atoms with E-state index in [2.05, 4.69) is 0 Å². The van der Waals surface area contributed by atoms with E-state index in [-0.39, 0.29) is 19.4 Å². The lowest BCUT2D eigenvalue weighted by Gasteiger charge is -2.63. The quantitative estimate of drug-likeness (QED) is 0.171. The van der Waals surface area contributed by atoms with Crippen LogP contribution in [-0.2, 0) is 33.3 Å². The molecule has 0 aromatic heterocycles. The monoisotopic (exact) mass is 526 g/mol. The van der Waals surface area contributed by atoms with Crippen molar-refractivity contribution in [2.24, 2.45) is 16.7 Å². The van der Waals surface area contributed by atoms with Crippen LogP contribution in [0.5, 0.6) is 0 Å². The number of carbonyl (C=O) groups excluding carboxylic acids is 3. The second-order valence-electron chi connectivity index (χ2n) is 11.8. The summed E-state index contributed by atoms with van der Waals surface area (Å²) in [6.07, 6.45) is -8.14. The van der Waals surface area contributed by atoms with Crippen molar-refractivity contribution in [1.82, 2.24) is 0 Å². The van der Waals surface area contributed by atoms with Crippen molar-refractivity contribution >= 4 is 17.9 Å². The molecule has 2 saturated carbocycles. The van der Waals surface area contributed by atoms with Gasteiger partial charge in [0.1, 0.15) is 29.5 Å². The summed E-state index contributed by atoms with van der Waals surface area (Å²) in [4.78, 5) is 36.2. The van der Waals surface area contributed by atoms with E-state index in [4.69, 9.17) is 18.9 Å². The van der Waals surface area contributed by atoms with Crippen molar-refractivity contribution in [3.8, 4) is 0 Å². The van der Waals surface area contributed by atoms with Gasteiger partial charge >= 0.3 is 17.9 Å². The maximum Gasteiger partial charge on any atom is 0.303 e. The standard InChI is InChI=1S/C26H38O11/c1-11-15(35-12(2)27)9-26(33)22(32)20-24(7,16(30)8-17(36-13(3)28)25(20)10-34-25)21(31)19(37-14(4)29)18(11)23(26,5)6/h15-17,19-22,30-33H,8-10H2,1-7H3/t15-,16-,17-,19+,20-,21-,22-,24+,25+,26+/m0/s1. The Bertz CT molecular complexity index is 1030. The van der Waals surface area contributed by atoms with Gasteiger partial charge in [-0.3, -0.25) is 14.4 Å². The Balaban J connectivity index is 2.01. The molecule has 0 aromatic carbocycles. The highest BCUT2D eigenvalue weighted by Crippen LogP contribution is 2.65. The summed E-state index contributed by atoms with van der Waals surface area (Å²) in [5, 5.41) is 47.9. The van der Waals surface area contributed by atoms with Crippen LogP contribution in [-0.4, -0.2) is 92.8 Å². The van der Waals surface area contributed by atoms with Crippen molar-refractivity contribution in [2.75, 3.05) is 6.61 Å². The highest BCUT2D eigenvalue weighted by atomic mass is 16.6. The summed E-state index contributed by atoms with van der Waals surface area (Å²) in [6.45, 7) is 10.2. The molecule has 0 aromatic rings. The lowest BCUT2D eigenvalue weighted by Crippen LogP contribution is -2.75. The van der Waals surface area contributed by atoms with E-state index < -0.39 is 82.5 Å². The molecule has 0 amide bonds. The average Bonchev–Trinajstić information content (AvgIpc) is 3.54. The second-order valence-corrected chi connectivity index (χ2v) is 11.8. The van der Waals surface area contributed by atoms with E-state index in [9.17, 15) is 34.8 Å². The van der Waals surface area contributed by atoms with E-state index >= 15 is 0 Å². The van der Waals surface area contributed by atoms with Gasteiger partial charge < -0.3 is 39.4 Å². The van der Waals surface area contributed by atoms with Crippen LogP contribution in [0.2, 0.25) is 0 Å². The first kappa shape index (κ1) is 28.0. The summed E-state index contributed by atoms with van der Waals surface area (Å²) in [5.41, 5.74) is -5.40. The van der Waals surface area contributed by atoms with Crippen LogP contribution in [0, 0.1) is 16.7 Å². The summed E-state index contributed by atoms with van der Waals surface area (Å²) in [6, 6.07) is 0. The highest BCUT2D eigenvalue weighted by Gasteiger charge is 2.77. The van der Waals surface area contributed by atoms with Gasteiger partial charge in [-0.1, -0.05) is 20.8 Å². The van der Waals surface area contributed by atoms with Crippen LogP contribution in [0.3, 0.4) is 0 Å². The van der Waals surface area contributed by atoms with Crippen molar-refractivity contribution in [2.45, 2.75) is 109 Å². The number of aliphatic hydroxyl groups is 4. The Kier molecular flexibility index (Phi) is 6.61. The third kappa shape index (κ3) is 3.84. The molecule has 1 saturated heterocycles. The normalized spacial score (nSPS) is 46.3. The molecule has 208 valence electrons. The number of carbonyl (C=O) groups is 3. The van der Waals surface area contributed by atoms with Crippen molar-refractivity contribution < 1.29 is 53.8 Å². The lowest BCUT2D eigenvalue weighted by molar-refractivity contribution is -0.276. The molecule has 11 nitrogen and oxygen atoms in total. The first-order chi connectivity index (χ1) is 16.9. The zero-order valence-electron chi connectivity index (χ0n) is 22.3. The van der Waals surface area contributed by atoms with E-state index in [0.717, 1.165) is 0 Å². The Morgan fingerprint density at radius 3 is 1.95 bits per heavy atom. The number of rotatable bonds is 3. The predicted molar refractivity (Wildman–Crippen MR) is 126 cm³/mol. The largest absolute Gasteiger partial charge is 0.459 e. The third-order valence-electron chi connectivity index (χ3n) is 9.46. The van der Waals surface area contributed by atoms with E-state index in [0.29, 0.717) is 11.1 Å². The molecule has 1 heterocycles. The topological polar surface area (TPSA) is 172 Å². The van der Waals surface area contributed by atoms with Gasteiger partial charge in [-0.05, 0) is 18.1 Å². The fourth-order valence-electron chi connectivity index (χ4n) is 7.43. The van der Waals surface area contributed by atoms with Crippen molar-refractivity contribution in [3.63, 3.8) is 0 Å². The van der Waals surface area contributed by atoms with Crippen LogP contribution >= 0.6 is 0 Å². The molecule has 1 spiro atoms. The van der Waals surface area contributed by atoms with E-state index in [1.165, 1.54) is 20.8 Å². The number of fused-ring (bicyclic) bond motifs is 4. The zero-order valence-corrected chi connectivity index (χ0v) is 22.3. The Hall–Kier alpha value is -2.05. The van der Waals surface area contributed by atoms with E-state index in [1.807, 2.05) is 0 Å². The number of aliphatic hydroxyl groups excluding tert-OH is 3. The van der Waals surface area contributed by atoms with Crippen LogP contribution in [0.25, 0.3) is 0 Å². The zero-order chi connectivity index (χ0) is 27.9. The van der Waals surface area contributed by atoms with Gasteiger partial charge in [-0.25, -0.2) is 0 Å². The third-order valence-corrected chi connectivity index (χ3v) is 9.46. The fraction of sp³-hybridized carbons (Fsp3) is 0.808. The maximum absolute atomic E-state index is 12.4. The summed E-state index contributed by atoms with van der Waals surface area (Å²) in [5.74, 6) is -3.10. The van der Waals surface area contributed by atoms with Crippen LogP contribution in [0.15, 0.2) is 11.1 Å². The molecule has 4 rings (SSSR count). The first-order valence-electron chi connectivity index (χ1n) is 12.6. The molecule has 4 N–H and O–H groups in total. The van der Waals surface area contributed by atoms with Crippen LogP contribution < -0.4 is 0 Å². The van der Waals surface area contributed by atoms with E-state index in [1.54, 1.807) is 27.7 Å². The fourth-order valence-corrected chi connectivity index (χ4v) is 7.43. The summed E-state index contributed by atoms with van der Waals surface area (Å²) < 4.78 is 22.6. The number of hydrogen-bond acceptors (Lipinski definition) is 11. The number of ether oxygens (including phenoxy) is 4. The molecule has 10 atom stereocenters. The van der Waals surface area contributed by atoms with Gasteiger partial charge in [0.15, 0.2) is 6.10 Å². The second kappa shape index (κ2) is 8.74. The molecular formula is C26H38O11. The Morgan fingerprint density at radius 1 is 0.919 bits per heavy atom. The molecule has 0 radical (unpaired) electrons. The SMILES string of the molecule is CC(=O)O[C@H]1C[C@@]2(O)[C@@H](O)[C@@H]3[C@@]4(CO4)[C@@H](OC(C)=O)C[C@H](O)[C@@]3(C)[C@@H](O)[C@H](OC(C)=O)C(=C1C)C2(C)C. The van der Waals surface area contributed by atoms with Crippen LogP contribution in [0.4, 0.5) is 0 Å². The highest BCUT2D eigenvalue weighted by molar-refractivity contribution is 5.68. The molecule has 1 aliphatic heterocycles.